The van der Waals surface area contributed by atoms with Crippen LogP contribution in [0.3, 0.4) is 0 Å². The van der Waals surface area contributed by atoms with Crippen molar-refractivity contribution in [2.45, 2.75) is 4.90 Å². The number of nitrogens with zero attached hydrogens (tertiary/aromatic N) is 2. The van der Waals surface area contributed by atoms with Gasteiger partial charge in [0.1, 0.15) is 22.0 Å². The van der Waals surface area contributed by atoms with Crippen LogP contribution in [0.2, 0.25) is 0 Å². The minimum absolute atomic E-state index is 0.0103. The van der Waals surface area contributed by atoms with E-state index in [-0.39, 0.29) is 10.6 Å². The van der Waals surface area contributed by atoms with Gasteiger partial charge in [-0.1, -0.05) is 37.4 Å². The van der Waals surface area contributed by atoms with E-state index in [1.807, 2.05) is 0 Å². The van der Waals surface area contributed by atoms with Crippen LogP contribution in [0.5, 0.6) is 5.75 Å². The summed E-state index contributed by atoms with van der Waals surface area (Å²) < 4.78 is 37.8. The Kier molecular flexibility index (Phi) is 5.28. The Morgan fingerprint density at radius 1 is 1.04 bits per heavy atom. The highest BCUT2D eigenvalue weighted by atomic mass is 32.2. The monoisotopic (exact) mass is 344 g/mol. The molecule has 0 atom stereocenters. The molecule has 0 fully saturated rings. The third-order valence-corrected chi connectivity index (χ3v) is 4.12. The average molecular weight is 344 g/mol. The summed E-state index contributed by atoms with van der Waals surface area (Å²) in [5, 5.41) is 7.98. The van der Waals surface area contributed by atoms with Gasteiger partial charge in [0.05, 0.1) is 7.11 Å². The molecule has 0 amide bonds. The minimum atomic E-state index is -4.48. The molecule has 2 aromatic rings. The number of azo groups is 1. The number of ether oxygens (including phenoxy) is 1. The normalized spacial score (nSPS) is 11.4. The van der Waals surface area contributed by atoms with Crippen molar-refractivity contribution in [3.8, 4) is 5.75 Å². The molecular weight excluding hydrogens is 328 g/mol. The molecule has 0 aromatic heterocycles. The first-order chi connectivity index (χ1) is 11.4. The molecule has 0 aliphatic carbocycles. The highest BCUT2D eigenvalue weighted by Gasteiger charge is 2.18. The van der Waals surface area contributed by atoms with E-state index in [0.29, 0.717) is 22.6 Å². The topological polar surface area (TPSA) is 88.3 Å². The standard InChI is InChI=1S/C17H16N2O4S/c1-4-12-10-15(17(24(20,21)22)11-13(12)5-2)19-18-14-8-6-7-9-16(14)23-3/h4-11H,1-2H2,3H3,(H,20,21,22). The lowest BCUT2D eigenvalue weighted by molar-refractivity contribution is 0.416. The zero-order valence-electron chi connectivity index (χ0n) is 13.0. The Labute approximate surface area is 140 Å². The molecule has 0 unspecified atom stereocenters. The van der Waals surface area contributed by atoms with Crippen LogP contribution < -0.4 is 4.74 Å². The highest BCUT2D eigenvalue weighted by Crippen LogP contribution is 2.33. The summed E-state index contributed by atoms with van der Waals surface area (Å²) in [6.07, 6.45) is 3.00. The van der Waals surface area contributed by atoms with Gasteiger partial charge >= 0.3 is 0 Å². The molecule has 7 heteroatoms. The molecule has 0 spiro atoms. The Morgan fingerprint density at radius 3 is 2.21 bits per heavy atom. The van der Waals surface area contributed by atoms with Gasteiger partial charge in [-0.3, -0.25) is 4.55 Å². The van der Waals surface area contributed by atoms with Crippen molar-refractivity contribution < 1.29 is 17.7 Å². The maximum Gasteiger partial charge on any atom is 0.296 e. The van der Waals surface area contributed by atoms with Crippen LogP contribution in [0.4, 0.5) is 11.4 Å². The van der Waals surface area contributed by atoms with Crippen LogP contribution in [0.1, 0.15) is 11.1 Å². The van der Waals surface area contributed by atoms with Gasteiger partial charge in [0.15, 0.2) is 0 Å². The molecule has 124 valence electrons. The zero-order chi connectivity index (χ0) is 17.7. The van der Waals surface area contributed by atoms with Crippen LogP contribution in [-0.4, -0.2) is 20.1 Å². The van der Waals surface area contributed by atoms with Crippen molar-refractivity contribution in [1.29, 1.82) is 0 Å². The lowest BCUT2D eigenvalue weighted by Crippen LogP contribution is -2.00. The van der Waals surface area contributed by atoms with E-state index in [0.717, 1.165) is 0 Å². The van der Waals surface area contributed by atoms with E-state index in [2.05, 4.69) is 23.4 Å². The molecule has 0 aliphatic rings. The van der Waals surface area contributed by atoms with Gasteiger partial charge in [0.2, 0.25) is 0 Å². The van der Waals surface area contributed by atoms with Crippen molar-refractivity contribution in [2.24, 2.45) is 10.2 Å². The fraction of sp³-hybridized carbons (Fsp3) is 0.0588. The van der Waals surface area contributed by atoms with Gasteiger partial charge in [-0.2, -0.15) is 8.42 Å². The lowest BCUT2D eigenvalue weighted by atomic mass is 10.1. The molecular formula is C17H16N2O4S. The first-order valence-corrected chi connectivity index (χ1v) is 8.30. The highest BCUT2D eigenvalue weighted by molar-refractivity contribution is 7.86. The fourth-order valence-electron chi connectivity index (χ4n) is 2.06. The minimum Gasteiger partial charge on any atom is -0.494 e. The van der Waals surface area contributed by atoms with Crippen LogP contribution in [-0.2, 0) is 10.1 Å². The van der Waals surface area contributed by atoms with Crippen LogP contribution in [0.15, 0.2) is 64.7 Å². The van der Waals surface area contributed by atoms with Gasteiger partial charge in [-0.05, 0) is 35.4 Å². The SMILES string of the molecule is C=Cc1cc(N=Nc2ccccc2OC)c(S(=O)(=O)O)cc1C=C. The molecule has 0 bridgehead atoms. The molecule has 2 rings (SSSR count). The number of para-hydroxylation sites is 1. The summed E-state index contributed by atoms with van der Waals surface area (Å²) in [6, 6.07) is 9.63. The van der Waals surface area contributed by atoms with Crippen LogP contribution in [0.25, 0.3) is 12.2 Å². The van der Waals surface area contributed by atoms with Crippen LogP contribution >= 0.6 is 0 Å². The van der Waals surface area contributed by atoms with Gasteiger partial charge in [0.25, 0.3) is 10.1 Å². The molecule has 2 aromatic carbocycles. The third kappa shape index (κ3) is 3.76. The Bertz CT molecular complexity index is 918. The number of hydrogen-bond acceptors (Lipinski definition) is 5. The number of benzene rings is 2. The zero-order valence-corrected chi connectivity index (χ0v) is 13.8. The van der Waals surface area contributed by atoms with Crippen molar-refractivity contribution in [2.75, 3.05) is 7.11 Å². The van der Waals surface area contributed by atoms with Gasteiger partial charge in [-0.15, -0.1) is 10.2 Å². The van der Waals surface area contributed by atoms with E-state index in [1.165, 1.54) is 31.4 Å². The second-order valence-electron chi connectivity index (χ2n) is 4.70. The number of methoxy groups -OCH3 is 1. The Hall–Kier alpha value is -2.77. The molecule has 0 heterocycles. The molecule has 0 radical (unpaired) electrons. The smallest absolute Gasteiger partial charge is 0.296 e. The summed E-state index contributed by atoms with van der Waals surface area (Å²) in [4.78, 5) is -0.360. The number of rotatable bonds is 6. The summed E-state index contributed by atoms with van der Waals surface area (Å²) >= 11 is 0. The predicted molar refractivity (Wildman–Crippen MR) is 93.6 cm³/mol. The molecule has 6 nitrogen and oxygen atoms in total. The molecule has 0 aliphatic heterocycles. The second-order valence-corrected chi connectivity index (χ2v) is 6.09. The lowest BCUT2D eigenvalue weighted by Gasteiger charge is -2.08. The van der Waals surface area contributed by atoms with Gasteiger partial charge in [0, 0.05) is 0 Å². The maximum absolute atomic E-state index is 11.6. The number of hydrogen-bond donors (Lipinski definition) is 1. The quantitative estimate of drug-likeness (QED) is 0.610. The van der Waals surface area contributed by atoms with Crippen molar-refractivity contribution >= 4 is 33.6 Å². The fourth-order valence-corrected chi connectivity index (χ4v) is 2.70. The Balaban J connectivity index is 2.62. The van der Waals surface area contributed by atoms with E-state index < -0.39 is 10.1 Å². The molecule has 24 heavy (non-hydrogen) atoms. The van der Waals surface area contributed by atoms with E-state index in [1.54, 1.807) is 24.3 Å². The van der Waals surface area contributed by atoms with E-state index >= 15 is 0 Å². The molecule has 0 saturated heterocycles. The van der Waals surface area contributed by atoms with E-state index in [9.17, 15) is 13.0 Å². The molecule has 1 N–H and O–H groups in total. The van der Waals surface area contributed by atoms with Crippen molar-refractivity contribution in [3.05, 3.63) is 60.7 Å². The largest absolute Gasteiger partial charge is 0.494 e. The summed E-state index contributed by atoms with van der Waals surface area (Å²) in [5.41, 5.74) is 1.54. The average Bonchev–Trinajstić information content (AvgIpc) is 2.58. The Morgan fingerprint density at radius 2 is 1.62 bits per heavy atom. The summed E-state index contributed by atoms with van der Waals surface area (Å²) in [5.74, 6) is 0.487. The van der Waals surface area contributed by atoms with Gasteiger partial charge < -0.3 is 4.74 Å². The first kappa shape index (κ1) is 17.6. The first-order valence-electron chi connectivity index (χ1n) is 6.86. The van der Waals surface area contributed by atoms with Crippen LogP contribution in [0, 0.1) is 0 Å². The summed E-state index contributed by atoms with van der Waals surface area (Å²) in [7, 11) is -2.99. The van der Waals surface area contributed by atoms with Crippen molar-refractivity contribution in [3.63, 3.8) is 0 Å². The van der Waals surface area contributed by atoms with Gasteiger partial charge in [-0.25, -0.2) is 0 Å². The predicted octanol–water partition coefficient (Wildman–Crippen LogP) is 4.64. The second kappa shape index (κ2) is 7.20. The third-order valence-electron chi connectivity index (χ3n) is 3.23. The van der Waals surface area contributed by atoms with E-state index in [4.69, 9.17) is 4.74 Å². The summed E-state index contributed by atoms with van der Waals surface area (Å²) in [6.45, 7) is 7.28. The molecule has 0 saturated carbocycles. The van der Waals surface area contributed by atoms with Crippen molar-refractivity contribution in [1.82, 2.24) is 0 Å². The maximum atomic E-state index is 11.6.